The fraction of sp³-hybridized carbons (Fsp3) is 0.923. The molecular weight excluding hydrogens is 262 g/mol. The molecule has 1 amide bonds. The highest BCUT2D eigenvalue weighted by atomic mass is 28.4. The number of likely N-dealkylation sites (tertiary alicyclic amines) is 1. The monoisotopic (exact) mass is 289 g/mol. The van der Waals surface area contributed by atoms with Crippen molar-refractivity contribution in [1.29, 1.82) is 0 Å². The van der Waals surface area contributed by atoms with E-state index in [9.17, 15) is 9.90 Å². The van der Waals surface area contributed by atoms with Crippen LogP contribution in [0.15, 0.2) is 0 Å². The van der Waals surface area contributed by atoms with Gasteiger partial charge in [-0.05, 0) is 18.1 Å². The number of aliphatic hydroxyl groups excluding tert-OH is 1. The summed E-state index contributed by atoms with van der Waals surface area (Å²) in [5, 5.41) is 18.5. The van der Waals surface area contributed by atoms with Crippen LogP contribution in [-0.2, 0) is 4.43 Å². The van der Waals surface area contributed by atoms with E-state index in [0.29, 0.717) is 19.7 Å². The predicted molar refractivity (Wildman–Crippen MR) is 76.8 cm³/mol. The minimum Gasteiger partial charge on any atom is -0.465 e. The Bertz CT molecular complexity index is 327. The van der Waals surface area contributed by atoms with Gasteiger partial charge in [0.2, 0.25) is 0 Å². The lowest BCUT2D eigenvalue weighted by atomic mass is 9.98. The summed E-state index contributed by atoms with van der Waals surface area (Å²) in [6.45, 7) is 12.4. The molecule has 1 aliphatic heterocycles. The third kappa shape index (κ3) is 3.93. The number of amides is 1. The van der Waals surface area contributed by atoms with Gasteiger partial charge < -0.3 is 19.5 Å². The molecule has 0 radical (unpaired) electrons. The number of aliphatic hydroxyl groups is 1. The molecule has 6 heteroatoms. The van der Waals surface area contributed by atoms with Gasteiger partial charge in [0.1, 0.15) is 0 Å². The Morgan fingerprint density at radius 3 is 2.26 bits per heavy atom. The normalized spacial score (nSPS) is 24.8. The molecule has 2 N–H and O–H groups in total. The molecule has 1 rings (SSSR count). The molecule has 0 aliphatic carbocycles. The molecule has 5 nitrogen and oxygen atoms in total. The van der Waals surface area contributed by atoms with Crippen LogP contribution in [0.5, 0.6) is 0 Å². The molecule has 0 saturated carbocycles. The lowest BCUT2D eigenvalue weighted by molar-refractivity contribution is 0.150. The molecule has 0 bridgehead atoms. The van der Waals surface area contributed by atoms with Crippen molar-refractivity contribution < 1.29 is 19.4 Å². The average molecular weight is 289 g/mol. The van der Waals surface area contributed by atoms with E-state index in [1.807, 2.05) is 0 Å². The molecule has 1 fully saturated rings. The van der Waals surface area contributed by atoms with E-state index in [-0.39, 0.29) is 23.5 Å². The van der Waals surface area contributed by atoms with Crippen molar-refractivity contribution in [3.8, 4) is 0 Å². The van der Waals surface area contributed by atoms with Gasteiger partial charge in [-0.25, -0.2) is 4.79 Å². The summed E-state index contributed by atoms with van der Waals surface area (Å²) in [5.74, 6) is 0.107. The summed E-state index contributed by atoms with van der Waals surface area (Å²) in [6.07, 6.45) is -0.909. The van der Waals surface area contributed by atoms with Crippen molar-refractivity contribution in [3.63, 3.8) is 0 Å². The van der Waals surface area contributed by atoms with Crippen LogP contribution in [0.1, 0.15) is 20.8 Å². The van der Waals surface area contributed by atoms with E-state index in [2.05, 4.69) is 33.9 Å². The molecule has 1 heterocycles. The molecule has 1 saturated heterocycles. The van der Waals surface area contributed by atoms with Crippen LogP contribution in [0.4, 0.5) is 4.79 Å². The van der Waals surface area contributed by atoms with Crippen LogP contribution in [0.3, 0.4) is 0 Å². The summed E-state index contributed by atoms with van der Waals surface area (Å²) in [4.78, 5) is 12.4. The van der Waals surface area contributed by atoms with Crippen LogP contribution in [0.25, 0.3) is 0 Å². The van der Waals surface area contributed by atoms with Crippen molar-refractivity contribution in [2.75, 3.05) is 26.3 Å². The Labute approximate surface area is 116 Å². The van der Waals surface area contributed by atoms with Crippen LogP contribution >= 0.6 is 0 Å². The van der Waals surface area contributed by atoms with Crippen molar-refractivity contribution in [3.05, 3.63) is 0 Å². The fourth-order valence-corrected chi connectivity index (χ4v) is 3.09. The second kappa shape index (κ2) is 5.81. The predicted octanol–water partition coefficient (Wildman–Crippen LogP) is 2.23. The molecule has 1 aliphatic rings. The highest BCUT2D eigenvalue weighted by Crippen LogP contribution is 2.37. The van der Waals surface area contributed by atoms with E-state index < -0.39 is 14.4 Å². The summed E-state index contributed by atoms with van der Waals surface area (Å²) < 4.78 is 6.15. The quantitative estimate of drug-likeness (QED) is 0.779. The summed E-state index contributed by atoms with van der Waals surface area (Å²) >= 11 is 0. The topological polar surface area (TPSA) is 70.0 Å². The second-order valence-corrected chi connectivity index (χ2v) is 11.8. The lowest BCUT2D eigenvalue weighted by Crippen LogP contribution is -2.42. The highest BCUT2D eigenvalue weighted by Gasteiger charge is 2.40. The van der Waals surface area contributed by atoms with Gasteiger partial charge >= 0.3 is 6.09 Å². The minimum atomic E-state index is -1.81. The average Bonchev–Trinajstić information content (AvgIpc) is 2.68. The first-order valence-corrected chi connectivity index (χ1v) is 9.72. The molecule has 19 heavy (non-hydrogen) atoms. The van der Waals surface area contributed by atoms with Gasteiger partial charge in [0.05, 0.1) is 0 Å². The maximum Gasteiger partial charge on any atom is 0.407 e. The largest absolute Gasteiger partial charge is 0.465 e. The summed E-state index contributed by atoms with van der Waals surface area (Å²) in [7, 11) is -1.81. The molecule has 0 aromatic rings. The Morgan fingerprint density at radius 1 is 1.32 bits per heavy atom. The van der Waals surface area contributed by atoms with E-state index in [4.69, 9.17) is 9.53 Å². The first kappa shape index (κ1) is 16.5. The maximum absolute atomic E-state index is 11.0. The SMILES string of the molecule is CC(C)(C)[Si](C)(C)OCC1CN(C(=O)O)CC1CO. The second-order valence-electron chi connectivity index (χ2n) is 6.96. The zero-order valence-electron chi connectivity index (χ0n) is 12.6. The van der Waals surface area contributed by atoms with Gasteiger partial charge in [0, 0.05) is 38.1 Å². The van der Waals surface area contributed by atoms with Gasteiger partial charge in [-0.3, -0.25) is 0 Å². The zero-order valence-corrected chi connectivity index (χ0v) is 13.6. The van der Waals surface area contributed by atoms with Crippen molar-refractivity contribution in [2.45, 2.75) is 38.9 Å². The Morgan fingerprint density at radius 2 is 1.84 bits per heavy atom. The zero-order chi connectivity index (χ0) is 14.8. The lowest BCUT2D eigenvalue weighted by Gasteiger charge is -2.37. The standard InChI is InChI=1S/C13H27NO4Si/c1-13(2,3)19(4,5)18-9-11-7-14(12(16)17)6-10(11)8-15/h10-11,15H,6-9H2,1-5H3,(H,16,17). The number of carboxylic acid groups (broad SMARTS) is 1. The van der Waals surface area contributed by atoms with E-state index in [1.165, 1.54) is 4.90 Å². The van der Waals surface area contributed by atoms with Crippen LogP contribution in [0.2, 0.25) is 18.1 Å². The first-order valence-electron chi connectivity index (χ1n) is 6.81. The Balaban J connectivity index is 2.59. The number of rotatable bonds is 4. The molecular formula is C13H27NO4Si. The number of hydrogen-bond donors (Lipinski definition) is 2. The van der Waals surface area contributed by atoms with Crippen LogP contribution in [0, 0.1) is 11.8 Å². The summed E-state index contributed by atoms with van der Waals surface area (Å²) in [6, 6.07) is 0. The molecule has 2 unspecified atom stereocenters. The third-order valence-electron chi connectivity index (χ3n) is 4.55. The van der Waals surface area contributed by atoms with Gasteiger partial charge in [-0.2, -0.15) is 0 Å². The Hall–Kier alpha value is -0.593. The molecule has 112 valence electrons. The molecule has 2 atom stereocenters. The third-order valence-corrected chi connectivity index (χ3v) is 9.05. The first-order chi connectivity index (χ1) is 8.58. The van der Waals surface area contributed by atoms with Gasteiger partial charge in [0.15, 0.2) is 8.32 Å². The van der Waals surface area contributed by atoms with Gasteiger partial charge in [-0.15, -0.1) is 0 Å². The fourth-order valence-electron chi connectivity index (χ4n) is 2.02. The van der Waals surface area contributed by atoms with Crippen molar-refractivity contribution in [1.82, 2.24) is 4.90 Å². The van der Waals surface area contributed by atoms with Crippen LogP contribution in [-0.4, -0.2) is 55.8 Å². The van der Waals surface area contributed by atoms with Crippen molar-refractivity contribution in [2.24, 2.45) is 11.8 Å². The van der Waals surface area contributed by atoms with E-state index in [1.54, 1.807) is 0 Å². The van der Waals surface area contributed by atoms with Gasteiger partial charge in [0.25, 0.3) is 0 Å². The number of carbonyl (C=O) groups is 1. The molecule has 0 spiro atoms. The number of nitrogens with zero attached hydrogens (tertiary/aromatic N) is 1. The van der Waals surface area contributed by atoms with Crippen molar-refractivity contribution >= 4 is 14.4 Å². The summed E-state index contributed by atoms with van der Waals surface area (Å²) in [5.41, 5.74) is 0. The minimum absolute atomic E-state index is 0.000804. The molecule has 0 aromatic heterocycles. The van der Waals surface area contributed by atoms with E-state index in [0.717, 1.165) is 0 Å². The van der Waals surface area contributed by atoms with E-state index >= 15 is 0 Å². The molecule has 0 aromatic carbocycles. The maximum atomic E-state index is 11.0. The smallest absolute Gasteiger partial charge is 0.407 e. The Kier molecular flexibility index (Phi) is 5.03. The van der Waals surface area contributed by atoms with Crippen LogP contribution < -0.4 is 0 Å². The highest BCUT2D eigenvalue weighted by molar-refractivity contribution is 6.74. The van der Waals surface area contributed by atoms with Gasteiger partial charge in [-0.1, -0.05) is 20.8 Å². The number of hydrogen-bond acceptors (Lipinski definition) is 3.